The van der Waals surface area contributed by atoms with E-state index in [4.69, 9.17) is 4.74 Å². The van der Waals surface area contributed by atoms with Crippen molar-refractivity contribution in [2.45, 2.75) is 4.90 Å². The molecule has 12 heavy (non-hydrogen) atoms. The van der Waals surface area contributed by atoms with Gasteiger partial charge in [0.15, 0.2) is 5.75 Å². The van der Waals surface area contributed by atoms with Gasteiger partial charge in [-0.1, -0.05) is 0 Å². The normalized spacial score (nSPS) is 9.50. The summed E-state index contributed by atoms with van der Waals surface area (Å²) in [4.78, 5) is 10.5. The van der Waals surface area contributed by atoms with Crippen molar-refractivity contribution >= 4 is 18.3 Å². The minimum Gasteiger partial charge on any atom is -0.490 e. The second-order valence-electron chi connectivity index (χ2n) is 2.11. The lowest BCUT2D eigenvalue weighted by Gasteiger charge is -2.00. The number of nitro benzene ring substituents is 1. The van der Waals surface area contributed by atoms with E-state index in [-0.39, 0.29) is 11.4 Å². The molecule has 1 aromatic carbocycles. The van der Waals surface area contributed by atoms with Crippen LogP contribution >= 0.6 is 12.6 Å². The number of thiol groups is 1. The summed E-state index contributed by atoms with van der Waals surface area (Å²) in [6.45, 7) is 0. The molecule has 5 heteroatoms. The second-order valence-corrected chi connectivity index (χ2v) is 2.63. The maximum Gasteiger partial charge on any atom is 0.312 e. The molecule has 0 aliphatic rings. The van der Waals surface area contributed by atoms with Gasteiger partial charge in [-0.05, 0) is 12.1 Å². The molecule has 0 spiro atoms. The van der Waals surface area contributed by atoms with Gasteiger partial charge in [0.05, 0.1) is 12.0 Å². The van der Waals surface area contributed by atoms with Gasteiger partial charge in [-0.25, -0.2) is 0 Å². The Balaban J connectivity index is 3.21. The maximum atomic E-state index is 10.4. The molecule has 0 bridgehead atoms. The van der Waals surface area contributed by atoms with Crippen LogP contribution in [0.25, 0.3) is 0 Å². The number of hydrogen-bond acceptors (Lipinski definition) is 4. The number of nitro groups is 1. The van der Waals surface area contributed by atoms with Crippen LogP contribution in [0.5, 0.6) is 5.75 Å². The Morgan fingerprint density at radius 3 is 2.75 bits per heavy atom. The molecule has 4 nitrogen and oxygen atoms in total. The van der Waals surface area contributed by atoms with Gasteiger partial charge in [0.2, 0.25) is 0 Å². The third-order valence-electron chi connectivity index (χ3n) is 1.36. The molecule has 64 valence electrons. The van der Waals surface area contributed by atoms with E-state index in [1.807, 2.05) is 0 Å². The largest absolute Gasteiger partial charge is 0.490 e. The molecule has 0 fully saturated rings. The zero-order valence-electron chi connectivity index (χ0n) is 6.35. The van der Waals surface area contributed by atoms with Crippen molar-refractivity contribution in [1.82, 2.24) is 0 Å². The molecule has 1 rings (SSSR count). The van der Waals surface area contributed by atoms with Gasteiger partial charge < -0.3 is 4.74 Å². The number of methoxy groups -OCH3 is 1. The lowest BCUT2D eigenvalue weighted by Crippen LogP contribution is -1.92. The standard InChI is InChI=1S/C7H7NO3S/c1-11-7-3-2-5(12)4-6(7)8(9)10/h2-4,12H,1H3. The van der Waals surface area contributed by atoms with Gasteiger partial charge in [-0.3, -0.25) is 10.1 Å². The number of benzene rings is 1. The fraction of sp³-hybridized carbons (Fsp3) is 0.143. The van der Waals surface area contributed by atoms with Crippen molar-refractivity contribution in [2.24, 2.45) is 0 Å². The van der Waals surface area contributed by atoms with E-state index >= 15 is 0 Å². The summed E-state index contributed by atoms with van der Waals surface area (Å²) in [6.07, 6.45) is 0. The van der Waals surface area contributed by atoms with E-state index in [1.165, 1.54) is 19.2 Å². The maximum absolute atomic E-state index is 10.4. The average Bonchev–Trinajstić information content (AvgIpc) is 2.04. The fourth-order valence-electron chi connectivity index (χ4n) is 0.821. The van der Waals surface area contributed by atoms with Crippen molar-refractivity contribution in [3.63, 3.8) is 0 Å². The van der Waals surface area contributed by atoms with Crippen molar-refractivity contribution in [3.8, 4) is 5.75 Å². The molecule has 0 saturated heterocycles. The summed E-state index contributed by atoms with van der Waals surface area (Å²) in [5.74, 6) is 0.248. The zero-order chi connectivity index (χ0) is 9.14. The van der Waals surface area contributed by atoms with Crippen LogP contribution in [0.4, 0.5) is 5.69 Å². The first-order valence-corrected chi connectivity index (χ1v) is 3.61. The van der Waals surface area contributed by atoms with Crippen LogP contribution in [0.15, 0.2) is 23.1 Å². The summed E-state index contributed by atoms with van der Waals surface area (Å²) in [5, 5.41) is 10.4. The zero-order valence-corrected chi connectivity index (χ0v) is 7.25. The highest BCUT2D eigenvalue weighted by atomic mass is 32.1. The highest BCUT2D eigenvalue weighted by Gasteiger charge is 2.13. The molecular weight excluding hydrogens is 178 g/mol. The van der Waals surface area contributed by atoms with E-state index in [1.54, 1.807) is 6.07 Å². The van der Waals surface area contributed by atoms with Crippen molar-refractivity contribution < 1.29 is 9.66 Å². The van der Waals surface area contributed by atoms with Gasteiger partial charge in [-0.15, -0.1) is 12.6 Å². The molecule has 0 saturated carbocycles. The van der Waals surface area contributed by atoms with Gasteiger partial charge in [0.25, 0.3) is 0 Å². The summed E-state index contributed by atoms with van der Waals surface area (Å²) in [7, 11) is 1.39. The van der Waals surface area contributed by atoms with E-state index in [0.717, 1.165) is 0 Å². The molecule has 0 amide bonds. The quantitative estimate of drug-likeness (QED) is 0.435. The minimum atomic E-state index is -0.501. The van der Waals surface area contributed by atoms with Crippen LogP contribution in [-0.4, -0.2) is 12.0 Å². The van der Waals surface area contributed by atoms with Gasteiger partial charge in [0, 0.05) is 11.0 Å². The highest BCUT2D eigenvalue weighted by molar-refractivity contribution is 7.80. The molecule has 0 atom stereocenters. The Kier molecular flexibility index (Phi) is 2.54. The number of hydrogen-bond donors (Lipinski definition) is 1. The molecular formula is C7H7NO3S. The molecule has 0 aliphatic carbocycles. The molecule has 1 aromatic rings. The van der Waals surface area contributed by atoms with Crippen LogP contribution < -0.4 is 4.74 Å². The smallest absolute Gasteiger partial charge is 0.312 e. The molecule has 0 unspecified atom stereocenters. The van der Waals surface area contributed by atoms with Gasteiger partial charge in [0.1, 0.15) is 0 Å². The molecule has 0 N–H and O–H groups in total. The first kappa shape index (κ1) is 8.86. The summed E-state index contributed by atoms with van der Waals surface area (Å²) in [5.41, 5.74) is -0.0648. The van der Waals surface area contributed by atoms with Crippen LogP contribution in [0.1, 0.15) is 0 Å². The van der Waals surface area contributed by atoms with Crippen LogP contribution in [0.2, 0.25) is 0 Å². The van der Waals surface area contributed by atoms with E-state index < -0.39 is 4.92 Å². The minimum absolute atomic E-state index is 0.0648. The topological polar surface area (TPSA) is 52.4 Å². The van der Waals surface area contributed by atoms with Crippen LogP contribution in [-0.2, 0) is 0 Å². The van der Waals surface area contributed by atoms with Gasteiger partial charge in [-0.2, -0.15) is 0 Å². The summed E-state index contributed by atoms with van der Waals surface area (Å²) in [6, 6.07) is 4.50. The van der Waals surface area contributed by atoms with Crippen molar-refractivity contribution in [2.75, 3.05) is 7.11 Å². The monoisotopic (exact) mass is 185 g/mol. The predicted octanol–water partition coefficient (Wildman–Crippen LogP) is 1.89. The van der Waals surface area contributed by atoms with Crippen LogP contribution in [0.3, 0.4) is 0 Å². The Labute approximate surface area is 74.7 Å². The molecule has 0 radical (unpaired) electrons. The van der Waals surface area contributed by atoms with Crippen LogP contribution in [0, 0.1) is 10.1 Å². The lowest BCUT2D eigenvalue weighted by atomic mass is 10.3. The third-order valence-corrected chi connectivity index (χ3v) is 1.64. The lowest BCUT2D eigenvalue weighted by molar-refractivity contribution is -0.386. The number of rotatable bonds is 2. The Hall–Kier alpha value is -1.23. The van der Waals surface area contributed by atoms with Crippen molar-refractivity contribution in [1.29, 1.82) is 0 Å². The Morgan fingerprint density at radius 2 is 2.25 bits per heavy atom. The number of nitrogens with zero attached hydrogens (tertiary/aromatic N) is 1. The fourth-order valence-corrected chi connectivity index (χ4v) is 1.02. The third kappa shape index (κ3) is 1.68. The first-order chi connectivity index (χ1) is 5.65. The SMILES string of the molecule is COc1ccc(S)cc1[N+](=O)[O-]. The summed E-state index contributed by atoms with van der Waals surface area (Å²) < 4.78 is 4.79. The number of ether oxygens (including phenoxy) is 1. The molecule has 0 heterocycles. The molecule has 0 aliphatic heterocycles. The summed E-state index contributed by atoms with van der Waals surface area (Å²) >= 11 is 3.97. The second kappa shape index (κ2) is 3.44. The average molecular weight is 185 g/mol. The Morgan fingerprint density at radius 1 is 1.58 bits per heavy atom. The van der Waals surface area contributed by atoms with E-state index in [0.29, 0.717) is 4.90 Å². The molecule has 0 aromatic heterocycles. The van der Waals surface area contributed by atoms with E-state index in [2.05, 4.69) is 12.6 Å². The predicted molar refractivity (Wildman–Crippen MR) is 46.9 cm³/mol. The first-order valence-electron chi connectivity index (χ1n) is 3.16. The van der Waals surface area contributed by atoms with Crippen molar-refractivity contribution in [3.05, 3.63) is 28.3 Å². The van der Waals surface area contributed by atoms with E-state index in [9.17, 15) is 10.1 Å². The Bertz CT molecular complexity index is 314. The van der Waals surface area contributed by atoms with Gasteiger partial charge >= 0.3 is 5.69 Å². The highest BCUT2D eigenvalue weighted by Crippen LogP contribution is 2.28.